The summed E-state index contributed by atoms with van der Waals surface area (Å²) in [5.41, 5.74) is 2.46. The van der Waals surface area contributed by atoms with Crippen LogP contribution in [0.3, 0.4) is 0 Å². The van der Waals surface area contributed by atoms with E-state index in [1.165, 1.54) is 0 Å². The minimum Gasteiger partial charge on any atom is -0.550 e. The van der Waals surface area contributed by atoms with Crippen molar-refractivity contribution in [3.8, 4) is 11.1 Å². The Bertz CT molecular complexity index is 999. The first-order valence-electron chi connectivity index (χ1n) is 9.89. The number of rotatable bonds is 5. The first kappa shape index (κ1) is 19.7. The molecule has 2 atom stereocenters. The number of hydrogen-bond donors (Lipinski definition) is 0. The SMILES string of the molecule is O=C([O-])CCCC(=O)N1C[C@@H]2C[C@H](C1)c1ccc(-c3ccc(Cl)cc3)c(=O)n1C2. The fourth-order valence-corrected chi connectivity index (χ4v) is 4.67. The summed E-state index contributed by atoms with van der Waals surface area (Å²) in [4.78, 5) is 38.0. The third-order valence-corrected chi connectivity index (χ3v) is 6.14. The third-order valence-electron chi connectivity index (χ3n) is 5.88. The van der Waals surface area contributed by atoms with E-state index in [4.69, 9.17) is 11.6 Å². The van der Waals surface area contributed by atoms with Gasteiger partial charge in [-0.2, -0.15) is 0 Å². The largest absolute Gasteiger partial charge is 0.550 e. The molecule has 1 aromatic carbocycles. The number of benzene rings is 1. The molecule has 0 aliphatic carbocycles. The van der Waals surface area contributed by atoms with E-state index in [-0.39, 0.29) is 36.1 Å². The highest BCUT2D eigenvalue weighted by Crippen LogP contribution is 2.36. The van der Waals surface area contributed by atoms with Crippen LogP contribution in [0.25, 0.3) is 11.1 Å². The predicted molar refractivity (Wildman–Crippen MR) is 107 cm³/mol. The zero-order valence-electron chi connectivity index (χ0n) is 16.0. The average Bonchev–Trinajstić information content (AvgIpc) is 2.69. The van der Waals surface area contributed by atoms with E-state index in [9.17, 15) is 19.5 Å². The summed E-state index contributed by atoms with van der Waals surface area (Å²) < 4.78 is 1.86. The number of fused-ring (bicyclic) bond motifs is 4. The van der Waals surface area contributed by atoms with E-state index in [1.54, 1.807) is 12.1 Å². The lowest BCUT2D eigenvalue weighted by atomic mass is 9.82. The van der Waals surface area contributed by atoms with E-state index in [2.05, 4.69) is 0 Å². The summed E-state index contributed by atoms with van der Waals surface area (Å²) in [6, 6.07) is 11.1. The monoisotopic (exact) mass is 413 g/mol. The quantitative estimate of drug-likeness (QED) is 0.751. The Balaban J connectivity index is 1.55. The molecule has 7 heteroatoms. The smallest absolute Gasteiger partial charge is 0.258 e. The molecular formula is C22H22ClN2O4-. The van der Waals surface area contributed by atoms with E-state index >= 15 is 0 Å². The van der Waals surface area contributed by atoms with Crippen molar-refractivity contribution < 1.29 is 14.7 Å². The number of hydrogen-bond acceptors (Lipinski definition) is 4. The van der Waals surface area contributed by atoms with Gasteiger partial charge < -0.3 is 19.4 Å². The third kappa shape index (κ3) is 4.08. The van der Waals surface area contributed by atoms with Crippen LogP contribution in [0.15, 0.2) is 41.2 Å². The first-order chi connectivity index (χ1) is 13.9. The zero-order valence-corrected chi connectivity index (χ0v) is 16.7. The molecule has 3 heterocycles. The number of aliphatic carboxylic acids is 1. The van der Waals surface area contributed by atoms with Crippen LogP contribution in [0.5, 0.6) is 0 Å². The maximum atomic E-state index is 13.1. The normalized spacial score (nSPS) is 20.2. The number of piperidine rings is 1. The Morgan fingerprint density at radius 1 is 1.03 bits per heavy atom. The lowest BCUT2D eigenvalue weighted by Crippen LogP contribution is -2.49. The Kier molecular flexibility index (Phi) is 5.46. The van der Waals surface area contributed by atoms with Crippen LogP contribution in [0, 0.1) is 5.92 Å². The van der Waals surface area contributed by atoms with E-state index in [1.807, 2.05) is 33.7 Å². The van der Waals surface area contributed by atoms with Gasteiger partial charge in [0.2, 0.25) is 5.91 Å². The van der Waals surface area contributed by atoms with Gasteiger partial charge in [-0.25, -0.2) is 0 Å². The average molecular weight is 414 g/mol. The van der Waals surface area contributed by atoms with Crippen molar-refractivity contribution in [3.05, 3.63) is 57.5 Å². The molecule has 1 amide bonds. The number of aromatic nitrogens is 1. The Labute approximate surface area is 173 Å². The lowest BCUT2D eigenvalue weighted by molar-refractivity contribution is -0.305. The molecule has 2 bridgehead atoms. The molecule has 0 radical (unpaired) electrons. The fraction of sp³-hybridized carbons (Fsp3) is 0.409. The topological polar surface area (TPSA) is 82.4 Å². The number of carboxylic acid groups (broad SMARTS) is 1. The van der Waals surface area contributed by atoms with E-state index in [0.717, 1.165) is 17.7 Å². The number of amides is 1. The van der Waals surface area contributed by atoms with Crippen molar-refractivity contribution in [2.24, 2.45) is 5.92 Å². The van der Waals surface area contributed by atoms with Gasteiger partial charge in [0.25, 0.3) is 5.56 Å². The number of likely N-dealkylation sites (tertiary alicyclic amines) is 1. The molecular weight excluding hydrogens is 392 g/mol. The van der Waals surface area contributed by atoms with Gasteiger partial charge >= 0.3 is 0 Å². The minimum atomic E-state index is -1.13. The van der Waals surface area contributed by atoms with Crippen LogP contribution >= 0.6 is 11.6 Å². The van der Waals surface area contributed by atoms with Gasteiger partial charge in [-0.15, -0.1) is 0 Å². The van der Waals surface area contributed by atoms with Gasteiger partial charge in [-0.3, -0.25) is 9.59 Å². The van der Waals surface area contributed by atoms with Crippen LogP contribution in [0.1, 0.15) is 37.3 Å². The zero-order chi connectivity index (χ0) is 20.5. The maximum absolute atomic E-state index is 13.1. The molecule has 2 aromatic rings. The van der Waals surface area contributed by atoms with Gasteiger partial charge in [0, 0.05) is 54.2 Å². The molecule has 0 saturated carbocycles. The highest BCUT2D eigenvalue weighted by molar-refractivity contribution is 6.30. The summed E-state index contributed by atoms with van der Waals surface area (Å²) in [6.07, 6.45) is 1.38. The molecule has 29 heavy (non-hydrogen) atoms. The van der Waals surface area contributed by atoms with Crippen LogP contribution < -0.4 is 10.7 Å². The second kappa shape index (κ2) is 8.03. The van der Waals surface area contributed by atoms with Crippen LogP contribution in [0.4, 0.5) is 0 Å². The molecule has 1 saturated heterocycles. The van der Waals surface area contributed by atoms with Gasteiger partial charge in [0.05, 0.1) is 0 Å². The Hall–Kier alpha value is -2.60. The maximum Gasteiger partial charge on any atom is 0.258 e. The molecule has 152 valence electrons. The number of halogens is 1. The second-order valence-electron chi connectivity index (χ2n) is 7.92. The minimum absolute atomic E-state index is 0.00624. The summed E-state index contributed by atoms with van der Waals surface area (Å²) >= 11 is 5.96. The molecule has 1 fully saturated rings. The van der Waals surface area contributed by atoms with Crippen molar-refractivity contribution in [1.29, 1.82) is 0 Å². The van der Waals surface area contributed by atoms with Crippen LogP contribution in [-0.4, -0.2) is 34.4 Å². The van der Waals surface area contributed by atoms with Gasteiger partial charge in [-0.05, 0) is 55.0 Å². The van der Waals surface area contributed by atoms with Crippen molar-refractivity contribution in [2.75, 3.05) is 13.1 Å². The Morgan fingerprint density at radius 2 is 1.79 bits per heavy atom. The summed E-state index contributed by atoms with van der Waals surface area (Å²) in [5, 5.41) is 11.2. The number of carbonyl (C=O) groups is 2. The molecule has 0 unspecified atom stereocenters. The van der Waals surface area contributed by atoms with E-state index in [0.29, 0.717) is 36.6 Å². The highest BCUT2D eigenvalue weighted by atomic mass is 35.5. The van der Waals surface area contributed by atoms with E-state index < -0.39 is 5.97 Å². The molecule has 0 spiro atoms. The van der Waals surface area contributed by atoms with Gasteiger partial charge in [0.15, 0.2) is 0 Å². The molecule has 6 nitrogen and oxygen atoms in total. The predicted octanol–water partition coefficient (Wildman–Crippen LogP) is 2.03. The lowest BCUT2D eigenvalue weighted by Gasteiger charge is -2.43. The van der Waals surface area contributed by atoms with Crippen molar-refractivity contribution in [1.82, 2.24) is 9.47 Å². The van der Waals surface area contributed by atoms with Crippen molar-refractivity contribution >= 4 is 23.5 Å². The number of carboxylic acids is 1. The number of nitrogens with zero attached hydrogens (tertiary/aromatic N) is 2. The summed E-state index contributed by atoms with van der Waals surface area (Å²) in [6.45, 7) is 1.77. The van der Waals surface area contributed by atoms with Crippen molar-refractivity contribution in [2.45, 2.75) is 38.1 Å². The molecule has 4 rings (SSSR count). The van der Waals surface area contributed by atoms with Crippen LogP contribution in [0.2, 0.25) is 5.02 Å². The van der Waals surface area contributed by atoms with Gasteiger partial charge in [0.1, 0.15) is 0 Å². The standard InChI is InChI=1S/C22H23ClN2O4/c23-17-6-4-15(5-7-17)18-8-9-19-16-10-14(12-25(19)22(18)29)11-24(13-16)20(26)2-1-3-21(27)28/h4-9,14,16H,1-3,10-13H2,(H,27,28)/p-1/t14-,16+/m0/s1. The Morgan fingerprint density at radius 3 is 2.52 bits per heavy atom. The van der Waals surface area contributed by atoms with Gasteiger partial charge in [-0.1, -0.05) is 23.7 Å². The first-order valence-corrected chi connectivity index (χ1v) is 10.3. The highest BCUT2D eigenvalue weighted by Gasteiger charge is 2.36. The van der Waals surface area contributed by atoms with Crippen molar-refractivity contribution in [3.63, 3.8) is 0 Å². The number of carbonyl (C=O) groups excluding carboxylic acids is 2. The summed E-state index contributed by atoms with van der Waals surface area (Å²) in [7, 11) is 0. The summed E-state index contributed by atoms with van der Waals surface area (Å²) in [5.74, 6) is -0.795. The van der Waals surface area contributed by atoms with Crippen LogP contribution in [-0.2, 0) is 16.1 Å². The number of pyridine rings is 1. The molecule has 2 aliphatic heterocycles. The molecule has 2 aliphatic rings. The molecule has 1 aromatic heterocycles. The molecule has 0 N–H and O–H groups in total. The second-order valence-corrected chi connectivity index (χ2v) is 8.35. The fourth-order valence-electron chi connectivity index (χ4n) is 4.54.